The number of fused-ring (bicyclic) bond motifs is 1. The average molecular weight is 323 g/mol. The fourth-order valence-corrected chi connectivity index (χ4v) is 2.03. The molecule has 0 aliphatic heterocycles. The molecule has 0 aliphatic rings. The topological polar surface area (TPSA) is 83.1 Å². The van der Waals surface area contributed by atoms with Gasteiger partial charge in [-0.1, -0.05) is 18.2 Å². The summed E-state index contributed by atoms with van der Waals surface area (Å²) in [5.41, 5.74) is 1.17. The summed E-state index contributed by atoms with van der Waals surface area (Å²) in [7, 11) is 1.69. The van der Waals surface area contributed by atoms with E-state index in [0.717, 1.165) is 5.39 Å². The SMILES string of the molecule is CCNC(=O)c1cc(NC(=O)CNC)nc2ccccc12.Cl. The van der Waals surface area contributed by atoms with Crippen LogP contribution in [0.1, 0.15) is 17.3 Å². The molecular weight excluding hydrogens is 304 g/mol. The Balaban J connectivity index is 0.00000242. The molecule has 3 N–H and O–H groups in total. The summed E-state index contributed by atoms with van der Waals surface area (Å²) in [5, 5.41) is 8.97. The van der Waals surface area contributed by atoms with Gasteiger partial charge in [0.15, 0.2) is 0 Å². The number of para-hydroxylation sites is 1. The number of benzene rings is 1. The molecule has 0 spiro atoms. The van der Waals surface area contributed by atoms with Gasteiger partial charge in [-0.15, -0.1) is 12.4 Å². The minimum Gasteiger partial charge on any atom is -0.352 e. The van der Waals surface area contributed by atoms with Crippen LogP contribution in [-0.4, -0.2) is 36.9 Å². The van der Waals surface area contributed by atoms with Crippen molar-refractivity contribution in [3.63, 3.8) is 0 Å². The van der Waals surface area contributed by atoms with Crippen molar-refractivity contribution in [2.45, 2.75) is 6.92 Å². The van der Waals surface area contributed by atoms with E-state index in [1.54, 1.807) is 13.1 Å². The van der Waals surface area contributed by atoms with Crippen molar-refractivity contribution in [2.24, 2.45) is 0 Å². The summed E-state index contributed by atoms with van der Waals surface area (Å²) in [6.45, 7) is 2.58. The van der Waals surface area contributed by atoms with Gasteiger partial charge in [-0.25, -0.2) is 4.98 Å². The van der Waals surface area contributed by atoms with Gasteiger partial charge in [-0.3, -0.25) is 9.59 Å². The van der Waals surface area contributed by atoms with E-state index in [-0.39, 0.29) is 30.8 Å². The summed E-state index contributed by atoms with van der Waals surface area (Å²) in [5.74, 6) is -0.0162. The highest BCUT2D eigenvalue weighted by molar-refractivity contribution is 6.07. The van der Waals surface area contributed by atoms with E-state index in [1.807, 2.05) is 31.2 Å². The van der Waals surface area contributed by atoms with Crippen molar-refractivity contribution in [3.05, 3.63) is 35.9 Å². The third-order valence-corrected chi connectivity index (χ3v) is 2.90. The van der Waals surface area contributed by atoms with Gasteiger partial charge in [-0.05, 0) is 26.1 Å². The van der Waals surface area contributed by atoms with Gasteiger partial charge in [0, 0.05) is 11.9 Å². The van der Waals surface area contributed by atoms with Gasteiger partial charge < -0.3 is 16.0 Å². The van der Waals surface area contributed by atoms with Crippen LogP contribution in [0.15, 0.2) is 30.3 Å². The molecule has 2 rings (SSSR count). The number of pyridine rings is 1. The predicted octanol–water partition coefficient (Wildman–Crippen LogP) is 1.56. The highest BCUT2D eigenvalue weighted by Crippen LogP contribution is 2.20. The summed E-state index contributed by atoms with van der Waals surface area (Å²) in [6, 6.07) is 8.95. The highest BCUT2D eigenvalue weighted by Gasteiger charge is 2.13. The lowest BCUT2D eigenvalue weighted by Gasteiger charge is -2.10. The van der Waals surface area contributed by atoms with E-state index in [1.165, 1.54) is 0 Å². The minimum absolute atomic E-state index is 0. The van der Waals surface area contributed by atoms with E-state index in [4.69, 9.17) is 0 Å². The van der Waals surface area contributed by atoms with E-state index in [0.29, 0.717) is 23.4 Å². The number of hydrogen-bond donors (Lipinski definition) is 3. The van der Waals surface area contributed by atoms with Crippen molar-refractivity contribution >= 4 is 40.9 Å². The van der Waals surface area contributed by atoms with Gasteiger partial charge in [0.25, 0.3) is 5.91 Å². The summed E-state index contributed by atoms with van der Waals surface area (Å²) in [4.78, 5) is 28.2. The third-order valence-electron chi connectivity index (χ3n) is 2.90. The molecule has 118 valence electrons. The molecule has 6 nitrogen and oxygen atoms in total. The quantitative estimate of drug-likeness (QED) is 0.780. The Hall–Kier alpha value is -2.18. The van der Waals surface area contributed by atoms with Gasteiger partial charge in [0.05, 0.1) is 17.6 Å². The molecule has 22 heavy (non-hydrogen) atoms. The zero-order valence-electron chi connectivity index (χ0n) is 12.5. The number of carbonyl (C=O) groups is 2. The van der Waals surface area contributed by atoms with Gasteiger partial charge >= 0.3 is 0 Å². The normalized spacial score (nSPS) is 9.91. The lowest BCUT2D eigenvalue weighted by molar-refractivity contribution is -0.115. The first-order valence-electron chi connectivity index (χ1n) is 6.78. The molecule has 1 aromatic heterocycles. The molecule has 7 heteroatoms. The fraction of sp³-hybridized carbons (Fsp3) is 0.267. The number of likely N-dealkylation sites (N-methyl/N-ethyl adjacent to an activating group) is 1. The maximum atomic E-state index is 12.2. The number of nitrogens with one attached hydrogen (secondary N) is 3. The molecule has 1 aromatic carbocycles. The number of nitrogens with zero attached hydrogens (tertiary/aromatic N) is 1. The van der Waals surface area contributed by atoms with E-state index in [2.05, 4.69) is 20.9 Å². The first kappa shape index (κ1) is 17.9. The maximum absolute atomic E-state index is 12.2. The second kappa shape index (κ2) is 8.31. The number of anilines is 1. The zero-order chi connectivity index (χ0) is 15.2. The van der Waals surface area contributed by atoms with Crippen LogP contribution >= 0.6 is 12.4 Å². The Morgan fingerprint density at radius 2 is 1.95 bits per heavy atom. The summed E-state index contributed by atoms with van der Waals surface area (Å²) >= 11 is 0. The van der Waals surface area contributed by atoms with E-state index < -0.39 is 0 Å². The highest BCUT2D eigenvalue weighted by atomic mass is 35.5. The molecule has 0 saturated heterocycles. The first-order valence-corrected chi connectivity index (χ1v) is 6.78. The molecule has 0 atom stereocenters. The van der Waals surface area contributed by atoms with Crippen LogP contribution in [0.25, 0.3) is 10.9 Å². The second-order valence-corrected chi connectivity index (χ2v) is 4.51. The molecule has 0 unspecified atom stereocenters. The Morgan fingerprint density at radius 1 is 1.23 bits per heavy atom. The summed E-state index contributed by atoms with van der Waals surface area (Å²) < 4.78 is 0. The second-order valence-electron chi connectivity index (χ2n) is 4.51. The van der Waals surface area contributed by atoms with Crippen molar-refractivity contribution < 1.29 is 9.59 Å². The molecule has 0 saturated carbocycles. The Bertz CT molecular complexity index is 676. The van der Waals surface area contributed by atoms with Crippen LogP contribution in [0.5, 0.6) is 0 Å². The molecular formula is C15H19ClN4O2. The van der Waals surface area contributed by atoms with Crippen LogP contribution in [0.4, 0.5) is 5.82 Å². The molecule has 0 fully saturated rings. The van der Waals surface area contributed by atoms with Gasteiger partial charge in [0.1, 0.15) is 5.82 Å². The Morgan fingerprint density at radius 3 is 2.64 bits per heavy atom. The van der Waals surface area contributed by atoms with Crippen LogP contribution < -0.4 is 16.0 Å². The fourth-order valence-electron chi connectivity index (χ4n) is 2.03. The molecule has 0 bridgehead atoms. The number of aromatic nitrogens is 1. The Labute approximate surface area is 135 Å². The van der Waals surface area contributed by atoms with Crippen molar-refractivity contribution in [1.29, 1.82) is 0 Å². The Kier molecular flexibility index (Phi) is 6.75. The summed E-state index contributed by atoms with van der Waals surface area (Å²) in [6.07, 6.45) is 0. The van der Waals surface area contributed by atoms with E-state index >= 15 is 0 Å². The molecule has 0 radical (unpaired) electrons. The van der Waals surface area contributed by atoms with Crippen LogP contribution in [0, 0.1) is 0 Å². The monoisotopic (exact) mass is 322 g/mol. The van der Waals surface area contributed by atoms with Crippen molar-refractivity contribution in [3.8, 4) is 0 Å². The van der Waals surface area contributed by atoms with Crippen molar-refractivity contribution in [1.82, 2.24) is 15.6 Å². The number of carbonyl (C=O) groups excluding carboxylic acids is 2. The van der Waals surface area contributed by atoms with Crippen LogP contribution in [0.2, 0.25) is 0 Å². The third kappa shape index (κ3) is 4.16. The molecule has 2 amide bonds. The lowest BCUT2D eigenvalue weighted by Crippen LogP contribution is -2.26. The average Bonchev–Trinajstić information content (AvgIpc) is 2.47. The molecule has 1 heterocycles. The number of rotatable bonds is 5. The lowest BCUT2D eigenvalue weighted by atomic mass is 10.1. The smallest absolute Gasteiger partial charge is 0.252 e. The number of halogens is 1. The molecule has 0 aliphatic carbocycles. The predicted molar refractivity (Wildman–Crippen MR) is 89.6 cm³/mol. The number of amides is 2. The van der Waals surface area contributed by atoms with Crippen molar-refractivity contribution in [2.75, 3.05) is 25.5 Å². The standard InChI is InChI=1S/C15H18N4O2.ClH/c1-3-17-15(21)11-8-13(19-14(20)9-16-2)18-12-7-5-4-6-10(11)12;/h4-8,16H,3,9H2,1-2H3,(H,17,21)(H,18,19,20);1H. The van der Waals surface area contributed by atoms with Gasteiger partial charge in [-0.2, -0.15) is 0 Å². The van der Waals surface area contributed by atoms with Crippen LogP contribution in [-0.2, 0) is 4.79 Å². The number of hydrogen-bond acceptors (Lipinski definition) is 4. The zero-order valence-corrected chi connectivity index (χ0v) is 13.3. The van der Waals surface area contributed by atoms with Gasteiger partial charge in [0.2, 0.25) is 5.91 Å². The minimum atomic E-state index is -0.206. The largest absolute Gasteiger partial charge is 0.352 e. The van der Waals surface area contributed by atoms with Crippen LogP contribution in [0.3, 0.4) is 0 Å². The first-order chi connectivity index (χ1) is 10.2. The van der Waals surface area contributed by atoms with E-state index in [9.17, 15) is 9.59 Å². The maximum Gasteiger partial charge on any atom is 0.252 e. The molecule has 2 aromatic rings.